The predicted octanol–water partition coefficient (Wildman–Crippen LogP) is 5.97. The molecule has 98 valence electrons. The molecule has 0 heterocycles. The fraction of sp³-hybridized carbons (Fsp3) is 0.263. The second kappa shape index (κ2) is 6.38. The summed E-state index contributed by atoms with van der Waals surface area (Å²) in [5.41, 5.74) is 1.41. The molecule has 0 aliphatic rings. The average Bonchev–Trinajstić information content (AvgIpc) is 2.45. The maximum Gasteiger partial charge on any atom is -0.0175 e. The number of hydrogen-bond acceptors (Lipinski definition) is 0. The van der Waals surface area contributed by atoms with E-state index in [1.54, 1.807) is 0 Å². The van der Waals surface area contributed by atoms with Gasteiger partial charge in [-0.25, -0.2) is 0 Å². The minimum absolute atomic E-state index is 1.10. The topological polar surface area (TPSA) is 0 Å². The van der Waals surface area contributed by atoms with Gasteiger partial charge in [0.15, 0.2) is 0 Å². The van der Waals surface area contributed by atoms with Crippen molar-refractivity contribution < 1.29 is 0 Å². The molecule has 0 amide bonds. The average molecular weight is 250 g/mol. The van der Waals surface area contributed by atoms with Crippen LogP contribution in [0.4, 0.5) is 0 Å². The van der Waals surface area contributed by atoms with Crippen LogP contribution < -0.4 is 0 Å². The van der Waals surface area contributed by atoms with Crippen molar-refractivity contribution >= 4 is 21.5 Å². The van der Waals surface area contributed by atoms with Crippen molar-refractivity contribution in [3.05, 3.63) is 60.2 Å². The first-order valence-corrected chi connectivity index (χ1v) is 7.19. The number of benzene rings is 3. The fourth-order valence-corrected chi connectivity index (χ4v) is 2.21. The van der Waals surface area contributed by atoms with E-state index in [0.717, 1.165) is 6.42 Å². The summed E-state index contributed by atoms with van der Waals surface area (Å²) < 4.78 is 0. The highest BCUT2D eigenvalue weighted by Crippen LogP contribution is 2.23. The molecule has 3 aromatic rings. The van der Waals surface area contributed by atoms with Gasteiger partial charge in [-0.1, -0.05) is 69.7 Å². The van der Waals surface area contributed by atoms with E-state index in [4.69, 9.17) is 0 Å². The molecule has 0 aromatic heterocycles. The van der Waals surface area contributed by atoms with Gasteiger partial charge in [-0.2, -0.15) is 0 Å². The van der Waals surface area contributed by atoms with E-state index in [0.29, 0.717) is 0 Å². The van der Waals surface area contributed by atoms with Gasteiger partial charge in [0.05, 0.1) is 0 Å². The smallest absolute Gasteiger partial charge is 0.0175 e. The Morgan fingerprint density at radius 1 is 0.632 bits per heavy atom. The number of fused-ring (bicyclic) bond motifs is 2. The molecular weight excluding hydrogens is 228 g/mol. The molecule has 0 unspecified atom stereocenters. The van der Waals surface area contributed by atoms with Crippen molar-refractivity contribution in [2.24, 2.45) is 0 Å². The van der Waals surface area contributed by atoms with Crippen molar-refractivity contribution in [3.8, 4) is 0 Å². The molecule has 0 aliphatic carbocycles. The molecule has 0 radical (unpaired) electrons. The normalized spacial score (nSPS) is 10.3. The standard InChI is InChI=1S/C16H14.C3H8/c1-2-12-7-8-15-10-13-5-3-4-6-14(13)11-16(15)9-12;1-3-2/h3-11H,2H2,1H3;3H2,1-2H3. The van der Waals surface area contributed by atoms with Gasteiger partial charge in [-0.05, 0) is 45.7 Å². The second-order valence-corrected chi connectivity index (χ2v) is 4.94. The summed E-state index contributed by atoms with van der Waals surface area (Å²) in [6.07, 6.45) is 2.35. The maximum atomic E-state index is 2.29. The molecule has 3 rings (SSSR count). The maximum absolute atomic E-state index is 2.29. The summed E-state index contributed by atoms with van der Waals surface area (Å²) in [7, 11) is 0. The van der Waals surface area contributed by atoms with Gasteiger partial charge < -0.3 is 0 Å². The summed E-state index contributed by atoms with van der Waals surface area (Å²) in [6.45, 7) is 6.45. The summed E-state index contributed by atoms with van der Waals surface area (Å²) in [4.78, 5) is 0. The van der Waals surface area contributed by atoms with E-state index in [2.05, 4.69) is 75.4 Å². The van der Waals surface area contributed by atoms with E-state index in [9.17, 15) is 0 Å². The summed E-state index contributed by atoms with van der Waals surface area (Å²) in [5, 5.41) is 5.32. The third-order valence-corrected chi connectivity index (χ3v) is 3.18. The monoisotopic (exact) mass is 250 g/mol. The highest BCUT2D eigenvalue weighted by molar-refractivity contribution is 5.98. The zero-order chi connectivity index (χ0) is 13.7. The minimum Gasteiger partial charge on any atom is -0.0656 e. The first-order chi connectivity index (χ1) is 9.28. The highest BCUT2D eigenvalue weighted by Gasteiger charge is 1.98. The van der Waals surface area contributed by atoms with Crippen LogP contribution in [0.1, 0.15) is 32.8 Å². The molecular formula is C19H22. The quantitative estimate of drug-likeness (QED) is 0.467. The lowest BCUT2D eigenvalue weighted by Crippen LogP contribution is -1.81. The van der Waals surface area contributed by atoms with Crippen molar-refractivity contribution in [1.82, 2.24) is 0 Å². The van der Waals surface area contributed by atoms with Gasteiger partial charge in [0.1, 0.15) is 0 Å². The molecule has 19 heavy (non-hydrogen) atoms. The molecule has 0 saturated heterocycles. The van der Waals surface area contributed by atoms with Crippen LogP contribution >= 0.6 is 0 Å². The van der Waals surface area contributed by atoms with Crippen molar-refractivity contribution in [2.45, 2.75) is 33.6 Å². The molecule has 0 N–H and O–H groups in total. The molecule has 0 aliphatic heterocycles. The highest BCUT2D eigenvalue weighted by atomic mass is 14.0. The molecule has 0 spiro atoms. The Bertz CT molecular complexity index is 665. The Morgan fingerprint density at radius 3 is 1.74 bits per heavy atom. The molecule has 0 heteroatoms. The van der Waals surface area contributed by atoms with Gasteiger partial charge in [0, 0.05) is 0 Å². The van der Waals surface area contributed by atoms with Gasteiger partial charge in [-0.3, -0.25) is 0 Å². The zero-order valence-electron chi connectivity index (χ0n) is 12.1. The SMILES string of the molecule is CCC.CCc1ccc2cc3ccccc3cc2c1. The lowest BCUT2D eigenvalue weighted by atomic mass is 10.0. The van der Waals surface area contributed by atoms with Gasteiger partial charge >= 0.3 is 0 Å². The first kappa shape index (κ1) is 13.6. The van der Waals surface area contributed by atoms with Crippen LogP contribution in [-0.2, 0) is 6.42 Å². The summed E-state index contributed by atoms with van der Waals surface area (Å²) in [5.74, 6) is 0. The predicted molar refractivity (Wildman–Crippen MR) is 86.8 cm³/mol. The van der Waals surface area contributed by atoms with Crippen LogP contribution in [0.25, 0.3) is 21.5 Å². The zero-order valence-corrected chi connectivity index (χ0v) is 12.1. The Morgan fingerprint density at radius 2 is 1.16 bits per heavy atom. The first-order valence-electron chi connectivity index (χ1n) is 7.19. The van der Waals surface area contributed by atoms with Crippen LogP contribution in [0.15, 0.2) is 54.6 Å². The van der Waals surface area contributed by atoms with Crippen molar-refractivity contribution in [3.63, 3.8) is 0 Å². The van der Waals surface area contributed by atoms with E-state index < -0.39 is 0 Å². The Hall–Kier alpha value is -1.82. The Kier molecular flexibility index (Phi) is 4.57. The lowest BCUT2D eigenvalue weighted by Gasteiger charge is -2.04. The second-order valence-electron chi connectivity index (χ2n) is 4.94. The van der Waals surface area contributed by atoms with Crippen LogP contribution in [0, 0.1) is 0 Å². The Balaban J connectivity index is 0.000000408. The molecule has 3 aromatic carbocycles. The number of rotatable bonds is 1. The molecule has 0 nitrogen and oxygen atoms in total. The number of hydrogen-bond donors (Lipinski definition) is 0. The van der Waals surface area contributed by atoms with E-state index in [1.165, 1.54) is 33.5 Å². The van der Waals surface area contributed by atoms with Crippen LogP contribution in [0.3, 0.4) is 0 Å². The fourth-order valence-electron chi connectivity index (χ4n) is 2.21. The van der Waals surface area contributed by atoms with Gasteiger partial charge in [0.2, 0.25) is 0 Å². The molecule has 0 fully saturated rings. The summed E-state index contributed by atoms with van der Waals surface area (Å²) >= 11 is 0. The Labute approximate surface area is 116 Å². The minimum atomic E-state index is 1.10. The van der Waals surface area contributed by atoms with Crippen LogP contribution in [0.5, 0.6) is 0 Å². The molecule has 0 saturated carbocycles. The lowest BCUT2D eigenvalue weighted by molar-refractivity contribution is 1.09. The summed E-state index contributed by atoms with van der Waals surface area (Å²) in [6, 6.07) is 19.8. The molecule has 0 atom stereocenters. The van der Waals surface area contributed by atoms with Crippen molar-refractivity contribution in [2.75, 3.05) is 0 Å². The third-order valence-electron chi connectivity index (χ3n) is 3.18. The third kappa shape index (κ3) is 3.14. The van der Waals surface area contributed by atoms with E-state index in [-0.39, 0.29) is 0 Å². The van der Waals surface area contributed by atoms with Gasteiger partial charge in [-0.15, -0.1) is 0 Å². The van der Waals surface area contributed by atoms with E-state index >= 15 is 0 Å². The van der Waals surface area contributed by atoms with Crippen LogP contribution in [-0.4, -0.2) is 0 Å². The van der Waals surface area contributed by atoms with E-state index in [1.807, 2.05) is 0 Å². The van der Waals surface area contributed by atoms with Crippen LogP contribution in [0.2, 0.25) is 0 Å². The largest absolute Gasteiger partial charge is 0.0656 e. The van der Waals surface area contributed by atoms with Crippen molar-refractivity contribution in [1.29, 1.82) is 0 Å². The van der Waals surface area contributed by atoms with Gasteiger partial charge in [0.25, 0.3) is 0 Å². The molecule has 0 bridgehead atoms. The number of aryl methyl sites for hydroxylation is 1.